The first-order valence-electron chi connectivity index (χ1n) is 10.5. The van der Waals surface area contributed by atoms with Crippen molar-refractivity contribution in [3.63, 3.8) is 0 Å². The van der Waals surface area contributed by atoms with Crippen LogP contribution in [0.4, 0.5) is 4.79 Å². The number of ether oxygens (including phenoxy) is 3. The molecule has 3 aliphatic heterocycles. The number of H-pyrrole nitrogens is 1. The number of fused-ring (bicyclic) bond motifs is 1. The van der Waals surface area contributed by atoms with E-state index in [1.54, 1.807) is 20.8 Å². The molecular weight excluding hydrogens is 408 g/mol. The van der Waals surface area contributed by atoms with Gasteiger partial charge in [0.05, 0.1) is 18.8 Å². The van der Waals surface area contributed by atoms with Crippen LogP contribution in [0.25, 0.3) is 0 Å². The molecule has 0 bridgehead atoms. The Morgan fingerprint density at radius 3 is 2.77 bits per heavy atom. The van der Waals surface area contributed by atoms with Crippen LogP contribution in [-0.4, -0.2) is 69.5 Å². The molecule has 3 fully saturated rings. The quantitative estimate of drug-likeness (QED) is 0.687. The van der Waals surface area contributed by atoms with Crippen molar-refractivity contribution < 1.29 is 23.8 Å². The molecule has 1 aromatic rings. The van der Waals surface area contributed by atoms with Gasteiger partial charge < -0.3 is 19.5 Å². The minimum Gasteiger partial charge on any atom is -0.444 e. The topological polar surface area (TPSA) is 132 Å². The molecule has 3 saturated heterocycles. The maximum atomic E-state index is 12.9. The predicted octanol–water partition coefficient (Wildman–Crippen LogP) is 0.107. The van der Waals surface area contributed by atoms with E-state index in [0.29, 0.717) is 19.4 Å². The van der Waals surface area contributed by atoms with Gasteiger partial charge in [0.15, 0.2) is 0 Å². The van der Waals surface area contributed by atoms with Gasteiger partial charge in [-0.25, -0.2) is 9.59 Å². The van der Waals surface area contributed by atoms with Crippen LogP contribution in [0.15, 0.2) is 21.9 Å². The first kappa shape index (κ1) is 21.6. The molecule has 2 N–H and O–H groups in total. The van der Waals surface area contributed by atoms with Crippen LogP contribution >= 0.6 is 0 Å². The molecule has 11 heteroatoms. The summed E-state index contributed by atoms with van der Waals surface area (Å²) in [4.78, 5) is 52.4. The van der Waals surface area contributed by atoms with Crippen molar-refractivity contribution >= 4 is 12.0 Å². The van der Waals surface area contributed by atoms with Crippen LogP contribution in [0, 0.1) is 0 Å². The number of hydrogen-bond donors (Lipinski definition) is 2. The SMILES string of the molecule is CC(C)(C)OC(=O)N1CCCC1C(=O)NC1COC2CC(n3ccc(=O)[nH]c3=O)OC12. The van der Waals surface area contributed by atoms with Crippen LogP contribution in [0.1, 0.15) is 46.3 Å². The molecule has 31 heavy (non-hydrogen) atoms. The lowest BCUT2D eigenvalue weighted by molar-refractivity contribution is -0.127. The van der Waals surface area contributed by atoms with Gasteiger partial charge in [0, 0.05) is 25.2 Å². The van der Waals surface area contributed by atoms with Gasteiger partial charge in [0.2, 0.25) is 5.91 Å². The van der Waals surface area contributed by atoms with Crippen molar-refractivity contribution in [1.29, 1.82) is 0 Å². The van der Waals surface area contributed by atoms with Gasteiger partial charge in [-0.1, -0.05) is 0 Å². The smallest absolute Gasteiger partial charge is 0.410 e. The second kappa shape index (κ2) is 8.12. The summed E-state index contributed by atoms with van der Waals surface area (Å²) in [5.74, 6) is -0.272. The molecule has 5 atom stereocenters. The number of hydrogen-bond acceptors (Lipinski definition) is 7. The zero-order valence-corrected chi connectivity index (χ0v) is 17.8. The van der Waals surface area contributed by atoms with Gasteiger partial charge in [-0.15, -0.1) is 0 Å². The van der Waals surface area contributed by atoms with Gasteiger partial charge in [-0.3, -0.25) is 24.0 Å². The number of aromatic nitrogens is 2. The van der Waals surface area contributed by atoms with E-state index in [0.717, 1.165) is 6.42 Å². The molecule has 2 amide bonds. The number of amides is 2. The monoisotopic (exact) mass is 436 g/mol. The summed E-state index contributed by atoms with van der Waals surface area (Å²) in [5.41, 5.74) is -1.68. The van der Waals surface area contributed by atoms with E-state index in [9.17, 15) is 19.2 Å². The summed E-state index contributed by atoms with van der Waals surface area (Å²) in [6.45, 7) is 6.11. The molecule has 0 aliphatic carbocycles. The number of likely N-dealkylation sites (tertiary alicyclic amines) is 1. The molecule has 0 spiro atoms. The van der Waals surface area contributed by atoms with Crippen molar-refractivity contribution in [2.24, 2.45) is 0 Å². The Kier molecular flexibility index (Phi) is 5.65. The van der Waals surface area contributed by atoms with Gasteiger partial charge in [0.1, 0.15) is 24.0 Å². The lowest BCUT2D eigenvalue weighted by Crippen LogP contribution is -2.52. The minimum absolute atomic E-state index is 0.272. The lowest BCUT2D eigenvalue weighted by Gasteiger charge is -2.29. The highest BCUT2D eigenvalue weighted by atomic mass is 16.6. The van der Waals surface area contributed by atoms with E-state index >= 15 is 0 Å². The molecule has 1 aromatic heterocycles. The van der Waals surface area contributed by atoms with Crippen LogP contribution in [0.5, 0.6) is 0 Å². The molecule has 11 nitrogen and oxygen atoms in total. The summed E-state index contributed by atoms with van der Waals surface area (Å²) in [5, 5.41) is 2.95. The number of rotatable bonds is 3. The summed E-state index contributed by atoms with van der Waals surface area (Å²) in [6.07, 6.45) is 1.29. The van der Waals surface area contributed by atoms with E-state index in [4.69, 9.17) is 14.2 Å². The maximum absolute atomic E-state index is 12.9. The Hall–Kier alpha value is -2.66. The first-order chi connectivity index (χ1) is 14.6. The highest BCUT2D eigenvalue weighted by molar-refractivity contribution is 5.86. The van der Waals surface area contributed by atoms with Crippen LogP contribution in [-0.2, 0) is 19.0 Å². The Labute approximate surface area is 178 Å². The molecule has 0 saturated carbocycles. The van der Waals surface area contributed by atoms with Crippen molar-refractivity contribution in [2.75, 3.05) is 13.2 Å². The van der Waals surface area contributed by atoms with E-state index < -0.39 is 47.4 Å². The van der Waals surface area contributed by atoms with Crippen molar-refractivity contribution in [3.8, 4) is 0 Å². The summed E-state index contributed by atoms with van der Waals surface area (Å²) >= 11 is 0. The second-order valence-electron chi connectivity index (χ2n) is 9.13. The highest BCUT2D eigenvalue weighted by Gasteiger charge is 2.48. The molecule has 3 aliphatic rings. The van der Waals surface area contributed by atoms with Crippen LogP contribution < -0.4 is 16.6 Å². The molecule has 170 valence electrons. The second-order valence-corrected chi connectivity index (χ2v) is 9.13. The van der Waals surface area contributed by atoms with Crippen molar-refractivity contribution in [1.82, 2.24) is 19.8 Å². The number of carbonyl (C=O) groups is 2. The van der Waals surface area contributed by atoms with Crippen LogP contribution in [0.2, 0.25) is 0 Å². The fourth-order valence-corrected chi connectivity index (χ4v) is 4.31. The Balaban J connectivity index is 1.39. The third-order valence-electron chi connectivity index (χ3n) is 5.67. The number of nitrogens with one attached hydrogen (secondary N) is 2. The highest BCUT2D eigenvalue weighted by Crippen LogP contribution is 2.35. The Bertz CT molecular complexity index is 965. The summed E-state index contributed by atoms with van der Waals surface area (Å²) < 4.78 is 18.5. The third-order valence-corrected chi connectivity index (χ3v) is 5.67. The molecule has 0 radical (unpaired) electrons. The zero-order valence-electron chi connectivity index (χ0n) is 17.8. The maximum Gasteiger partial charge on any atom is 0.410 e. The molecule has 0 aromatic carbocycles. The summed E-state index contributed by atoms with van der Waals surface area (Å²) in [7, 11) is 0. The average molecular weight is 436 g/mol. The predicted molar refractivity (Wildman–Crippen MR) is 107 cm³/mol. The van der Waals surface area contributed by atoms with Gasteiger partial charge in [0.25, 0.3) is 5.56 Å². The van der Waals surface area contributed by atoms with Gasteiger partial charge in [-0.05, 0) is 33.6 Å². The normalized spacial score (nSPS) is 30.3. The largest absolute Gasteiger partial charge is 0.444 e. The van der Waals surface area contributed by atoms with Crippen LogP contribution in [0.3, 0.4) is 0 Å². The number of carbonyl (C=O) groups excluding carboxylic acids is 2. The fourth-order valence-electron chi connectivity index (χ4n) is 4.31. The molecule has 4 heterocycles. The van der Waals surface area contributed by atoms with E-state index in [-0.39, 0.29) is 18.6 Å². The standard InChI is InChI=1S/C20H28N4O7/c1-20(2,3)31-19(28)23-7-4-5-12(23)17(26)21-11-10-29-13-9-15(30-16(11)13)24-8-6-14(25)22-18(24)27/h6,8,11-13,15-16H,4-5,7,9-10H2,1-3H3,(H,21,26)(H,22,25,27). The van der Waals surface area contributed by atoms with Crippen molar-refractivity contribution in [3.05, 3.63) is 33.1 Å². The van der Waals surface area contributed by atoms with E-state index in [1.165, 1.54) is 21.7 Å². The van der Waals surface area contributed by atoms with Gasteiger partial charge >= 0.3 is 11.8 Å². The molecule has 4 rings (SSSR count). The first-order valence-corrected chi connectivity index (χ1v) is 10.5. The number of nitrogens with zero attached hydrogens (tertiary/aromatic N) is 2. The third kappa shape index (κ3) is 4.52. The minimum atomic E-state index is -0.639. The fraction of sp³-hybridized carbons (Fsp3) is 0.700. The zero-order chi connectivity index (χ0) is 22.3. The average Bonchev–Trinajstić information content (AvgIpc) is 3.37. The van der Waals surface area contributed by atoms with E-state index in [2.05, 4.69) is 10.3 Å². The molecule has 5 unspecified atom stereocenters. The van der Waals surface area contributed by atoms with Crippen molar-refractivity contribution in [2.45, 2.75) is 76.2 Å². The lowest BCUT2D eigenvalue weighted by atomic mass is 10.1. The Morgan fingerprint density at radius 2 is 2.06 bits per heavy atom. The summed E-state index contributed by atoms with van der Waals surface area (Å²) in [6, 6.07) is 0.250. The Morgan fingerprint density at radius 1 is 1.29 bits per heavy atom. The molecular formula is C20H28N4O7. The van der Waals surface area contributed by atoms with E-state index in [1.807, 2.05) is 0 Å². The van der Waals surface area contributed by atoms with Gasteiger partial charge in [-0.2, -0.15) is 0 Å². The number of aromatic amines is 1.